The largest absolute Gasteiger partial charge is 0.496 e. The summed E-state index contributed by atoms with van der Waals surface area (Å²) in [5.41, 5.74) is 1.12. The van der Waals surface area contributed by atoms with Crippen LogP contribution >= 0.6 is 0 Å². The van der Waals surface area contributed by atoms with E-state index in [4.69, 9.17) is 6.11 Å². The van der Waals surface area contributed by atoms with Crippen molar-refractivity contribution in [2.24, 2.45) is 0 Å². The molecule has 0 aromatic heterocycles. The molecule has 1 nitrogen and oxygen atoms in total. The zero-order valence-corrected chi connectivity index (χ0v) is 7.87. The molecule has 0 spiro atoms. The molecule has 0 radical (unpaired) electrons. The second kappa shape index (κ2) is 4.15. The second-order valence-corrected chi connectivity index (χ2v) is 2.86. The summed E-state index contributed by atoms with van der Waals surface area (Å²) in [6, 6.07) is 7.89. The van der Waals surface area contributed by atoms with Gasteiger partial charge >= 0.3 is 0 Å². The van der Waals surface area contributed by atoms with Crippen molar-refractivity contribution in [1.29, 1.82) is 0 Å². The SMILES string of the molecule is [2H][C@@H](C)[C@@H](C)c1ccccc1OC. The van der Waals surface area contributed by atoms with Gasteiger partial charge in [-0.05, 0) is 23.9 Å². The standard InChI is InChI=1S/C11H16O/c1-4-9(2)10-7-5-6-8-11(10)12-3/h5-9H,4H2,1-3H3/t9-/m1/s1/i4D/t4-,9+/m0. The summed E-state index contributed by atoms with van der Waals surface area (Å²) in [7, 11) is 1.67. The molecule has 0 saturated heterocycles. The predicted octanol–water partition coefficient (Wildman–Crippen LogP) is 3.21. The summed E-state index contributed by atoms with van der Waals surface area (Å²) >= 11 is 0. The van der Waals surface area contributed by atoms with Gasteiger partial charge in [0.15, 0.2) is 0 Å². The number of methoxy groups -OCH3 is 1. The van der Waals surface area contributed by atoms with Gasteiger partial charge in [0.2, 0.25) is 0 Å². The first-order valence-corrected chi connectivity index (χ1v) is 4.22. The van der Waals surface area contributed by atoms with Crippen molar-refractivity contribution in [3.63, 3.8) is 0 Å². The Hall–Kier alpha value is -0.980. The van der Waals surface area contributed by atoms with Gasteiger partial charge in [-0.3, -0.25) is 0 Å². The molecule has 66 valence electrons. The molecule has 1 aromatic rings. The lowest BCUT2D eigenvalue weighted by atomic mass is 9.98. The van der Waals surface area contributed by atoms with Gasteiger partial charge in [0, 0.05) is 1.37 Å². The van der Waals surface area contributed by atoms with Crippen LogP contribution in [0.1, 0.15) is 33.1 Å². The summed E-state index contributed by atoms with van der Waals surface area (Å²) in [6.07, 6.45) is -0.101. The van der Waals surface area contributed by atoms with Crippen LogP contribution in [0.5, 0.6) is 5.75 Å². The minimum Gasteiger partial charge on any atom is -0.496 e. The molecule has 1 heteroatoms. The van der Waals surface area contributed by atoms with Crippen molar-refractivity contribution in [3.05, 3.63) is 29.8 Å². The Morgan fingerprint density at radius 3 is 2.75 bits per heavy atom. The third-order valence-electron chi connectivity index (χ3n) is 2.13. The molecule has 1 rings (SSSR count). The minimum absolute atomic E-state index is 0.101. The molecule has 0 N–H and O–H groups in total. The summed E-state index contributed by atoms with van der Waals surface area (Å²) < 4.78 is 12.9. The molecule has 1 aromatic carbocycles. The lowest BCUT2D eigenvalue weighted by molar-refractivity contribution is 0.406. The quantitative estimate of drug-likeness (QED) is 0.668. The molecular formula is C11H16O. The first kappa shape index (κ1) is 7.66. The Morgan fingerprint density at radius 2 is 2.17 bits per heavy atom. The zero-order valence-electron chi connectivity index (χ0n) is 8.87. The van der Waals surface area contributed by atoms with Gasteiger partial charge in [-0.15, -0.1) is 0 Å². The molecule has 0 aliphatic rings. The van der Waals surface area contributed by atoms with Crippen LogP contribution in [0, 0.1) is 0 Å². The van der Waals surface area contributed by atoms with Crippen LogP contribution in [0.25, 0.3) is 0 Å². The van der Waals surface area contributed by atoms with E-state index in [9.17, 15) is 0 Å². The Bertz CT molecular complexity index is 271. The van der Waals surface area contributed by atoms with E-state index in [0.717, 1.165) is 11.3 Å². The van der Waals surface area contributed by atoms with Crippen molar-refractivity contribution < 1.29 is 6.11 Å². The summed E-state index contributed by atoms with van der Waals surface area (Å²) in [5, 5.41) is 0. The first-order valence-electron chi connectivity index (χ1n) is 4.79. The van der Waals surface area contributed by atoms with Gasteiger partial charge < -0.3 is 4.74 Å². The Morgan fingerprint density at radius 1 is 1.50 bits per heavy atom. The van der Waals surface area contributed by atoms with E-state index in [0.29, 0.717) is 0 Å². The van der Waals surface area contributed by atoms with Crippen molar-refractivity contribution in [2.45, 2.75) is 26.2 Å². The number of rotatable bonds is 3. The first-order chi connectivity index (χ1) is 6.16. The lowest BCUT2D eigenvalue weighted by Gasteiger charge is -2.12. The molecule has 0 bridgehead atoms. The van der Waals surface area contributed by atoms with E-state index >= 15 is 0 Å². The third-order valence-corrected chi connectivity index (χ3v) is 2.13. The monoisotopic (exact) mass is 165 g/mol. The maximum Gasteiger partial charge on any atom is 0.122 e. The smallest absolute Gasteiger partial charge is 0.122 e. The van der Waals surface area contributed by atoms with Crippen molar-refractivity contribution >= 4 is 0 Å². The highest BCUT2D eigenvalue weighted by Crippen LogP contribution is 2.27. The molecule has 0 saturated carbocycles. The number of ether oxygens (including phenoxy) is 1. The van der Waals surface area contributed by atoms with E-state index in [-0.39, 0.29) is 12.3 Å². The molecular weight excluding hydrogens is 148 g/mol. The number of benzene rings is 1. The molecule has 0 amide bonds. The van der Waals surface area contributed by atoms with Gasteiger partial charge in [0.1, 0.15) is 5.75 Å². The van der Waals surface area contributed by atoms with Crippen LogP contribution in [0.15, 0.2) is 24.3 Å². The highest BCUT2D eigenvalue weighted by Gasteiger charge is 2.07. The molecule has 0 unspecified atom stereocenters. The number of para-hydroxylation sites is 1. The molecule has 0 aliphatic carbocycles. The van der Waals surface area contributed by atoms with Gasteiger partial charge in [-0.1, -0.05) is 32.0 Å². The highest BCUT2D eigenvalue weighted by molar-refractivity contribution is 5.35. The maximum atomic E-state index is 7.64. The normalized spacial score (nSPS) is 16.4. The number of hydrogen-bond donors (Lipinski definition) is 0. The van der Waals surface area contributed by atoms with Crippen molar-refractivity contribution in [2.75, 3.05) is 7.11 Å². The minimum atomic E-state index is -0.101. The van der Waals surface area contributed by atoms with Crippen molar-refractivity contribution in [3.8, 4) is 5.75 Å². The highest BCUT2D eigenvalue weighted by atomic mass is 16.5. The Kier molecular flexibility index (Phi) is 2.65. The van der Waals surface area contributed by atoms with Crippen LogP contribution in [0.4, 0.5) is 0 Å². The van der Waals surface area contributed by atoms with Gasteiger partial charge in [0.25, 0.3) is 0 Å². The average molecular weight is 165 g/mol. The molecule has 0 heterocycles. The summed E-state index contributed by atoms with van der Waals surface area (Å²) in [5.74, 6) is 1.10. The maximum absolute atomic E-state index is 7.64. The third kappa shape index (κ3) is 1.79. The van der Waals surface area contributed by atoms with Crippen LogP contribution in [-0.2, 0) is 0 Å². The van der Waals surface area contributed by atoms with E-state index < -0.39 is 0 Å². The Balaban J connectivity index is 2.98. The fourth-order valence-corrected chi connectivity index (χ4v) is 1.22. The molecule has 0 fully saturated rings. The molecule has 0 aliphatic heterocycles. The lowest BCUT2D eigenvalue weighted by Crippen LogP contribution is -1.95. The summed E-state index contributed by atoms with van der Waals surface area (Å²) in [4.78, 5) is 0. The van der Waals surface area contributed by atoms with E-state index in [1.807, 2.05) is 31.2 Å². The zero-order chi connectivity index (χ0) is 9.84. The van der Waals surface area contributed by atoms with Crippen LogP contribution < -0.4 is 4.74 Å². The average Bonchev–Trinajstić information content (AvgIpc) is 2.16. The van der Waals surface area contributed by atoms with Crippen LogP contribution in [-0.4, -0.2) is 7.11 Å². The van der Waals surface area contributed by atoms with Gasteiger partial charge in [0.05, 0.1) is 7.11 Å². The number of hydrogen-bond acceptors (Lipinski definition) is 1. The summed E-state index contributed by atoms with van der Waals surface area (Å²) in [6.45, 7) is 3.95. The Labute approximate surface area is 75.8 Å². The van der Waals surface area contributed by atoms with Crippen LogP contribution in [0.2, 0.25) is 0 Å². The van der Waals surface area contributed by atoms with Gasteiger partial charge in [-0.25, -0.2) is 0 Å². The van der Waals surface area contributed by atoms with Crippen molar-refractivity contribution in [1.82, 2.24) is 0 Å². The molecule has 12 heavy (non-hydrogen) atoms. The van der Waals surface area contributed by atoms with Gasteiger partial charge in [-0.2, -0.15) is 0 Å². The van der Waals surface area contributed by atoms with E-state index in [1.165, 1.54) is 0 Å². The van der Waals surface area contributed by atoms with E-state index in [1.54, 1.807) is 7.11 Å². The second-order valence-electron chi connectivity index (χ2n) is 2.86. The topological polar surface area (TPSA) is 9.23 Å². The fourth-order valence-electron chi connectivity index (χ4n) is 1.22. The van der Waals surface area contributed by atoms with Crippen LogP contribution in [0.3, 0.4) is 0 Å². The fraction of sp³-hybridized carbons (Fsp3) is 0.455. The van der Waals surface area contributed by atoms with E-state index in [2.05, 4.69) is 6.92 Å². The molecule has 2 atom stereocenters. The predicted molar refractivity (Wildman–Crippen MR) is 51.7 cm³/mol.